The van der Waals surface area contributed by atoms with Gasteiger partial charge < -0.3 is 9.30 Å². The molecule has 1 heterocycles. The monoisotopic (exact) mass is 619 g/mol. The van der Waals surface area contributed by atoms with Gasteiger partial charge >= 0.3 is 0 Å². The molecule has 1 unspecified atom stereocenters. The number of para-hydroxylation sites is 1. The number of rotatable bonds is 10. The minimum Gasteiger partial charge on any atom is -0.479 e. The smallest absolute Gasteiger partial charge is 0.166 e. The van der Waals surface area contributed by atoms with Gasteiger partial charge in [-0.25, -0.2) is 0 Å². The molecule has 2 aromatic carbocycles. The normalized spacial score (nSPS) is 14.5. The summed E-state index contributed by atoms with van der Waals surface area (Å²) in [5.41, 5.74) is 11.0. The molecule has 0 saturated heterocycles. The average Bonchev–Trinajstić information content (AvgIpc) is 3.23. The fraction of sp³-hybridized carbons (Fsp3) is 0.205. The van der Waals surface area contributed by atoms with Crippen LogP contribution in [0.1, 0.15) is 59.1 Å². The van der Waals surface area contributed by atoms with Crippen molar-refractivity contribution in [2.75, 3.05) is 0 Å². The van der Waals surface area contributed by atoms with Crippen LogP contribution in [0.3, 0.4) is 0 Å². The molecule has 4 rings (SSSR count). The summed E-state index contributed by atoms with van der Waals surface area (Å²) in [5, 5.41) is 1.18. The summed E-state index contributed by atoms with van der Waals surface area (Å²) < 4.78 is 9.43. The number of nitrogens with zero attached hydrogens (tertiary/aromatic N) is 1. The van der Waals surface area contributed by atoms with E-state index in [2.05, 4.69) is 126 Å². The van der Waals surface area contributed by atoms with E-state index in [0.717, 1.165) is 50.1 Å². The van der Waals surface area contributed by atoms with E-state index >= 15 is 0 Å². The summed E-state index contributed by atoms with van der Waals surface area (Å²) in [6.45, 7) is 16.6. The van der Waals surface area contributed by atoms with Crippen molar-refractivity contribution in [3.05, 3.63) is 154 Å². The Morgan fingerprint density at radius 2 is 1.86 bits per heavy atom. The van der Waals surface area contributed by atoms with E-state index < -0.39 is 0 Å². The Bertz CT molecular complexity index is 1630. The van der Waals surface area contributed by atoms with Crippen LogP contribution >= 0.6 is 15.9 Å². The van der Waals surface area contributed by atoms with Gasteiger partial charge in [0, 0.05) is 27.3 Å². The highest BCUT2D eigenvalue weighted by Gasteiger charge is 2.11. The van der Waals surface area contributed by atoms with Crippen LogP contribution in [-0.4, -0.2) is 10.7 Å². The van der Waals surface area contributed by atoms with E-state index in [1.807, 2.05) is 64.1 Å². The van der Waals surface area contributed by atoms with E-state index in [9.17, 15) is 0 Å². The Balaban J connectivity index is 0.00000237. The van der Waals surface area contributed by atoms with Crippen LogP contribution in [-0.2, 0) is 4.74 Å². The third kappa shape index (κ3) is 8.73. The van der Waals surface area contributed by atoms with E-state index in [1.165, 1.54) is 11.0 Å². The molecule has 216 valence electrons. The van der Waals surface area contributed by atoms with E-state index in [1.54, 1.807) is 0 Å². The molecule has 3 aromatic rings. The molecule has 0 N–H and O–H groups in total. The Morgan fingerprint density at radius 1 is 1.10 bits per heavy atom. The number of fused-ring (bicyclic) bond motifs is 1. The van der Waals surface area contributed by atoms with Crippen molar-refractivity contribution in [2.45, 2.75) is 54.1 Å². The highest BCUT2D eigenvalue weighted by molar-refractivity contribution is 9.12. The van der Waals surface area contributed by atoms with Crippen LogP contribution < -0.4 is 0 Å². The Labute approximate surface area is 260 Å². The molecule has 0 radical (unpaired) electrons. The van der Waals surface area contributed by atoms with Gasteiger partial charge in [0.1, 0.15) is 6.10 Å². The first-order chi connectivity index (χ1) is 20.4. The predicted octanol–water partition coefficient (Wildman–Crippen LogP) is 11.8. The number of hydrogen-bond donors (Lipinski definition) is 0. The van der Waals surface area contributed by atoms with Gasteiger partial charge in [-0.2, -0.15) is 0 Å². The molecule has 1 aliphatic rings. The highest BCUT2D eigenvalue weighted by atomic mass is 79.9. The maximum absolute atomic E-state index is 6.16. The fourth-order valence-electron chi connectivity index (χ4n) is 4.42. The van der Waals surface area contributed by atoms with Crippen LogP contribution in [0.4, 0.5) is 0 Å². The lowest BCUT2D eigenvalue weighted by atomic mass is 10.0. The quantitative estimate of drug-likeness (QED) is 0.125. The third-order valence-electron chi connectivity index (χ3n) is 6.82. The minimum atomic E-state index is -0.0293. The average molecular weight is 621 g/mol. The SMILES string of the molecule is C=C(/C=C\C/C=C(/C)C(C)OC1=C=CC=CC=C1C)c1ccc2c(c1)c(/C=C(Br)\C=C/C)cn2-c1ccccc1.CC. The highest BCUT2D eigenvalue weighted by Crippen LogP contribution is 2.31. The summed E-state index contributed by atoms with van der Waals surface area (Å²) in [5.74, 6) is 0.789. The van der Waals surface area contributed by atoms with Crippen LogP contribution in [0.2, 0.25) is 0 Å². The molecular weight excluding hydrogens is 578 g/mol. The van der Waals surface area contributed by atoms with Gasteiger partial charge in [-0.15, -0.1) is 0 Å². The maximum Gasteiger partial charge on any atom is 0.166 e. The maximum atomic E-state index is 6.16. The number of hydrogen-bond acceptors (Lipinski definition) is 1. The second-order valence-electron chi connectivity index (χ2n) is 9.80. The molecule has 42 heavy (non-hydrogen) atoms. The van der Waals surface area contributed by atoms with Gasteiger partial charge in [-0.05, 0) is 92.8 Å². The number of aromatic nitrogens is 1. The van der Waals surface area contributed by atoms with Crippen LogP contribution in [0.5, 0.6) is 0 Å². The molecule has 0 bridgehead atoms. The zero-order valence-corrected chi connectivity index (χ0v) is 27.3. The first-order valence-electron chi connectivity index (χ1n) is 14.6. The molecule has 0 saturated carbocycles. The van der Waals surface area contributed by atoms with E-state index in [0.29, 0.717) is 0 Å². The van der Waals surface area contributed by atoms with Crippen molar-refractivity contribution in [2.24, 2.45) is 0 Å². The van der Waals surface area contributed by atoms with Gasteiger partial charge in [-0.1, -0.05) is 115 Å². The molecule has 2 nitrogen and oxygen atoms in total. The molecule has 1 aromatic heterocycles. The predicted molar refractivity (Wildman–Crippen MR) is 188 cm³/mol. The molecular formula is C39H42BrNO. The van der Waals surface area contributed by atoms with Crippen molar-refractivity contribution in [3.63, 3.8) is 0 Å². The zero-order valence-electron chi connectivity index (χ0n) is 25.7. The number of benzene rings is 2. The summed E-state index contributed by atoms with van der Waals surface area (Å²) in [6, 6.07) is 17.0. The Kier molecular flexibility index (Phi) is 12.7. The number of ether oxygens (including phenoxy) is 1. The minimum absolute atomic E-state index is 0.0293. The van der Waals surface area contributed by atoms with Crippen molar-refractivity contribution in [3.8, 4) is 5.69 Å². The zero-order chi connectivity index (χ0) is 30.5. The third-order valence-corrected chi connectivity index (χ3v) is 7.31. The van der Waals surface area contributed by atoms with E-state index in [4.69, 9.17) is 4.74 Å². The van der Waals surface area contributed by atoms with Crippen molar-refractivity contribution in [1.29, 1.82) is 0 Å². The van der Waals surface area contributed by atoms with Gasteiger partial charge in [-0.3, -0.25) is 0 Å². The van der Waals surface area contributed by atoms with Crippen LogP contribution in [0.25, 0.3) is 28.2 Å². The summed E-state index contributed by atoms with van der Waals surface area (Å²) in [6.07, 6.45) is 23.6. The fourth-order valence-corrected chi connectivity index (χ4v) is 4.93. The lowest BCUT2D eigenvalue weighted by Crippen LogP contribution is -2.09. The first kappa shape index (κ1) is 32.5. The molecule has 1 atom stereocenters. The Morgan fingerprint density at radius 3 is 2.60 bits per heavy atom. The van der Waals surface area contributed by atoms with Gasteiger partial charge in [0.25, 0.3) is 0 Å². The lowest BCUT2D eigenvalue weighted by Gasteiger charge is -2.17. The van der Waals surface area contributed by atoms with Crippen molar-refractivity contribution >= 4 is 38.5 Å². The summed E-state index contributed by atoms with van der Waals surface area (Å²) in [4.78, 5) is 0. The molecule has 1 aliphatic carbocycles. The molecule has 0 spiro atoms. The van der Waals surface area contributed by atoms with Gasteiger partial charge in [0.15, 0.2) is 5.76 Å². The van der Waals surface area contributed by atoms with Crippen molar-refractivity contribution < 1.29 is 4.74 Å². The second-order valence-corrected chi connectivity index (χ2v) is 10.7. The molecule has 0 amide bonds. The van der Waals surface area contributed by atoms with Crippen molar-refractivity contribution in [1.82, 2.24) is 4.57 Å². The standard InChI is InChI=1S/C37H36BrNO.C2H6/c1-6-15-33(38)24-32-26-39(34-19-10-8-11-20-34)36-23-22-31(25-35(32)36)28(3)17-14-13-16-27(2)30(5)40-37-21-12-7-9-18-29(37)4;1-2/h6-12,14-20,22-26,30H,3,13H2,1-2,4-5H3;1-2H3/b15-6-,17-14-,27-16-,33-24+;. The van der Waals surface area contributed by atoms with Crippen LogP contribution in [0, 0.1) is 0 Å². The lowest BCUT2D eigenvalue weighted by molar-refractivity contribution is 0.168. The van der Waals surface area contributed by atoms with Crippen LogP contribution in [0.15, 0.2) is 143 Å². The van der Waals surface area contributed by atoms with Gasteiger partial charge in [0.05, 0.1) is 5.52 Å². The summed E-state index contributed by atoms with van der Waals surface area (Å²) in [7, 11) is 0. The number of halogens is 1. The second kappa shape index (κ2) is 16.4. The molecule has 3 heteroatoms. The topological polar surface area (TPSA) is 14.2 Å². The molecule has 0 aliphatic heterocycles. The largest absolute Gasteiger partial charge is 0.479 e. The summed E-state index contributed by atoms with van der Waals surface area (Å²) >= 11 is 3.68. The van der Waals surface area contributed by atoms with Gasteiger partial charge in [0.2, 0.25) is 0 Å². The van der Waals surface area contributed by atoms with E-state index in [-0.39, 0.29) is 6.10 Å². The first-order valence-corrected chi connectivity index (χ1v) is 15.4. The number of allylic oxidation sites excluding steroid dienone is 11. The molecule has 0 fully saturated rings. The Hall–Kier alpha value is -4.04.